The lowest BCUT2D eigenvalue weighted by Gasteiger charge is -2.16. The van der Waals surface area contributed by atoms with E-state index in [1.54, 1.807) is 25.4 Å². The number of rotatable bonds is 7. The van der Waals surface area contributed by atoms with Crippen LogP contribution in [0.4, 0.5) is 14.9 Å². The van der Waals surface area contributed by atoms with Gasteiger partial charge in [-0.25, -0.2) is 24.1 Å². The van der Waals surface area contributed by atoms with E-state index in [1.165, 1.54) is 29.2 Å². The Labute approximate surface area is 166 Å². The summed E-state index contributed by atoms with van der Waals surface area (Å²) in [4.78, 5) is 25.0. The van der Waals surface area contributed by atoms with Crippen molar-refractivity contribution in [3.8, 4) is 11.7 Å². The highest BCUT2D eigenvalue weighted by Crippen LogP contribution is 2.32. The second-order valence-corrected chi connectivity index (χ2v) is 6.79. The number of carbonyl (C=O) groups excluding carboxylic acids is 1. The predicted octanol–water partition coefficient (Wildman–Crippen LogP) is 2.87. The minimum atomic E-state index is -0.488. The molecule has 1 aliphatic carbocycles. The van der Waals surface area contributed by atoms with E-state index >= 15 is 0 Å². The van der Waals surface area contributed by atoms with E-state index in [2.05, 4.69) is 30.7 Å². The number of urea groups is 1. The maximum absolute atomic E-state index is 13.6. The largest absolute Gasteiger partial charge is 0.491 e. The molecule has 10 heteroatoms. The van der Waals surface area contributed by atoms with E-state index in [0.717, 1.165) is 12.8 Å². The van der Waals surface area contributed by atoms with Gasteiger partial charge in [0.2, 0.25) is 0 Å². The van der Waals surface area contributed by atoms with Crippen LogP contribution in [0.2, 0.25) is 0 Å². The van der Waals surface area contributed by atoms with Crippen LogP contribution in [0.3, 0.4) is 0 Å². The monoisotopic (exact) mass is 397 g/mol. The molecular weight excluding hydrogens is 377 g/mol. The van der Waals surface area contributed by atoms with E-state index < -0.39 is 17.9 Å². The molecule has 0 bridgehead atoms. The Morgan fingerprint density at radius 3 is 2.86 bits per heavy atom. The number of anilines is 1. The molecule has 0 spiro atoms. The molecule has 9 nitrogen and oxygen atoms in total. The molecular formula is C19H20FN7O2. The zero-order valence-corrected chi connectivity index (χ0v) is 15.7. The van der Waals surface area contributed by atoms with Gasteiger partial charge in [-0.15, -0.1) is 0 Å². The fourth-order valence-corrected chi connectivity index (χ4v) is 2.73. The second-order valence-electron chi connectivity index (χ2n) is 6.79. The first kappa shape index (κ1) is 18.8. The van der Waals surface area contributed by atoms with E-state index in [9.17, 15) is 9.18 Å². The number of hydrogen-bond acceptors (Lipinski definition) is 6. The number of aromatic nitrogens is 5. The normalized spacial score (nSPS) is 14.3. The molecule has 2 heterocycles. The first-order valence-corrected chi connectivity index (χ1v) is 9.27. The molecule has 150 valence electrons. The Bertz CT molecular complexity index is 991. The Hall–Kier alpha value is -3.56. The van der Waals surface area contributed by atoms with Gasteiger partial charge >= 0.3 is 6.03 Å². The number of ether oxygens (including phenoxy) is 1. The lowest BCUT2D eigenvalue weighted by Crippen LogP contribution is -2.33. The molecule has 2 N–H and O–H groups in total. The molecule has 2 aromatic heterocycles. The molecule has 0 saturated heterocycles. The highest BCUT2D eigenvalue weighted by molar-refractivity contribution is 5.91. The number of nitrogens with one attached hydrogen (secondary N) is 2. The van der Waals surface area contributed by atoms with Crippen LogP contribution in [0, 0.1) is 11.7 Å². The zero-order valence-electron chi connectivity index (χ0n) is 15.7. The Morgan fingerprint density at radius 2 is 2.10 bits per heavy atom. The lowest BCUT2D eigenvalue weighted by atomic mass is 10.2. The van der Waals surface area contributed by atoms with Crippen LogP contribution in [-0.2, 0) is 0 Å². The molecule has 1 aromatic carbocycles. The van der Waals surface area contributed by atoms with Crippen molar-refractivity contribution in [3.63, 3.8) is 0 Å². The van der Waals surface area contributed by atoms with Crippen LogP contribution in [-0.4, -0.2) is 37.4 Å². The maximum atomic E-state index is 13.6. The average Bonchev–Trinajstić information content (AvgIpc) is 3.41. The van der Waals surface area contributed by atoms with Gasteiger partial charge in [0.05, 0.1) is 18.3 Å². The van der Waals surface area contributed by atoms with Gasteiger partial charge in [0.15, 0.2) is 5.82 Å². The van der Waals surface area contributed by atoms with Crippen LogP contribution < -0.4 is 15.4 Å². The Balaban J connectivity index is 1.43. The fraction of sp³-hybridized carbons (Fsp3) is 0.316. The van der Waals surface area contributed by atoms with Gasteiger partial charge in [0, 0.05) is 18.5 Å². The quantitative estimate of drug-likeness (QED) is 0.635. The van der Waals surface area contributed by atoms with Gasteiger partial charge in [-0.1, -0.05) is 0 Å². The van der Waals surface area contributed by atoms with Gasteiger partial charge in [-0.2, -0.15) is 9.78 Å². The summed E-state index contributed by atoms with van der Waals surface area (Å²) >= 11 is 0. The SMILES string of the molecule is C[C@H](NC(=O)Nc1ccc(F)cc1OCC1CC1)c1ncnn1-c1ncccn1. The van der Waals surface area contributed by atoms with Crippen LogP contribution in [0.25, 0.3) is 5.95 Å². The molecule has 29 heavy (non-hydrogen) atoms. The van der Waals surface area contributed by atoms with Gasteiger partial charge in [0.25, 0.3) is 5.95 Å². The molecule has 0 radical (unpaired) electrons. The van der Waals surface area contributed by atoms with Gasteiger partial charge < -0.3 is 15.4 Å². The zero-order chi connectivity index (χ0) is 20.2. The summed E-state index contributed by atoms with van der Waals surface area (Å²) in [7, 11) is 0. The lowest BCUT2D eigenvalue weighted by molar-refractivity contribution is 0.248. The molecule has 1 atom stereocenters. The van der Waals surface area contributed by atoms with Crippen molar-refractivity contribution in [1.29, 1.82) is 0 Å². The molecule has 1 saturated carbocycles. The van der Waals surface area contributed by atoms with Crippen molar-refractivity contribution in [2.75, 3.05) is 11.9 Å². The van der Waals surface area contributed by atoms with Crippen LogP contribution in [0.15, 0.2) is 43.0 Å². The number of hydrogen-bond donors (Lipinski definition) is 2. The third-order valence-electron chi connectivity index (χ3n) is 4.41. The summed E-state index contributed by atoms with van der Waals surface area (Å²) < 4.78 is 20.7. The number of halogens is 1. The topological polar surface area (TPSA) is 107 Å². The van der Waals surface area contributed by atoms with Crippen LogP contribution >= 0.6 is 0 Å². The highest BCUT2D eigenvalue weighted by atomic mass is 19.1. The first-order valence-electron chi connectivity index (χ1n) is 9.27. The highest BCUT2D eigenvalue weighted by Gasteiger charge is 2.23. The molecule has 4 rings (SSSR count). The summed E-state index contributed by atoms with van der Waals surface area (Å²) in [6.07, 6.45) is 6.78. The Kier molecular flexibility index (Phi) is 5.32. The minimum Gasteiger partial charge on any atom is -0.491 e. The molecule has 1 fully saturated rings. The molecule has 2 amide bonds. The van der Waals surface area contributed by atoms with Crippen molar-refractivity contribution in [2.24, 2.45) is 5.92 Å². The van der Waals surface area contributed by atoms with Crippen LogP contribution in [0.5, 0.6) is 5.75 Å². The molecule has 0 aliphatic heterocycles. The number of benzene rings is 1. The first-order chi connectivity index (χ1) is 14.1. The number of nitrogens with zero attached hydrogens (tertiary/aromatic N) is 5. The smallest absolute Gasteiger partial charge is 0.319 e. The number of amides is 2. The summed E-state index contributed by atoms with van der Waals surface area (Å²) in [6, 6.07) is 4.74. The molecule has 1 aliphatic rings. The maximum Gasteiger partial charge on any atom is 0.319 e. The second kappa shape index (κ2) is 8.21. The van der Waals surface area contributed by atoms with Crippen molar-refractivity contribution in [2.45, 2.75) is 25.8 Å². The van der Waals surface area contributed by atoms with Crippen LogP contribution in [0.1, 0.15) is 31.6 Å². The standard InChI is InChI=1S/C19H20FN7O2/c1-12(17-23-11-24-27(17)18-21-7-2-8-22-18)25-19(28)26-15-6-5-14(20)9-16(15)29-10-13-3-4-13/h2,5-9,11-13H,3-4,10H2,1H3,(H2,25,26,28)/t12-/m0/s1. The summed E-state index contributed by atoms with van der Waals surface area (Å²) in [5.41, 5.74) is 0.393. The third kappa shape index (κ3) is 4.65. The third-order valence-corrected chi connectivity index (χ3v) is 4.41. The van der Waals surface area contributed by atoms with E-state index in [-0.39, 0.29) is 0 Å². The summed E-state index contributed by atoms with van der Waals surface area (Å²) in [5.74, 6) is 1.21. The van der Waals surface area contributed by atoms with Crippen molar-refractivity contribution >= 4 is 11.7 Å². The van der Waals surface area contributed by atoms with Crippen molar-refractivity contribution in [3.05, 3.63) is 54.6 Å². The van der Waals surface area contributed by atoms with Crippen molar-refractivity contribution in [1.82, 2.24) is 30.0 Å². The number of carbonyl (C=O) groups is 1. The van der Waals surface area contributed by atoms with Gasteiger partial charge in [0.1, 0.15) is 17.9 Å². The van der Waals surface area contributed by atoms with E-state index in [0.29, 0.717) is 35.7 Å². The Morgan fingerprint density at radius 1 is 1.31 bits per heavy atom. The summed E-state index contributed by atoms with van der Waals surface area (Å²) in [5, 5.41) is 9.60. The summed E-state index contributed by atoms with van der Waals surface area (Å²) in [6.45, 7) is 2.27. The predicted molar refractivity (Wildman–Crippen MR) is 102 cm³/mol. The fourth-order valence-electron chi connectivity index (χ4n) is 2.73. The molecule has 0 unspecified atom stereocenters. The van der Waals surface area contributed by atoms with E-state index in [4.69, 9.17) is 4.74 Å². The van der Waals surface area contributed by atoms with Gasteiger partial charge in [-0.3, -0.25) is 0 Å². The van der Waals surface area contributed by atoms with Gasteiger partial charge in [-0.05, 0) is 43.9 Å². The van der Waals surface area contributed by atoms with Crippen molar-refractivity contribution < 1.29 is 13.9 Å². The minimum absolute atomic E-state index is 0.306. The average molecular weight is 397 g/mol. The molecule has 3 aromatic rings. The van der Waals surface area contributed by atoms with E-state index in [1.807, 2.05) is 0 Å².